The maximum absolute atomic E-state index is 12.5. The van der Waals surface area contributed by atoms with Crippen molar-refractivity contribution in [1.82, 2.24) is 19.1 Å². The Balaban J connectivity index is 0.000000188. The van der Waals surface area contributed by atoms with Crippen molar-refractivity contribution < 1.29 is 21.6 Å². The molecule has 3 aliphatic heterocycles. The number of hydrogen-bond acceptors (Lipinski definition) is 9. The van der Waals surface area contributed by atoms with Gasteiger partial charge in [-0.05, 0) is 126 Å². The molecule has 0 atom stereocenters. The van der Waals surface area contributed by atoms with Gasteiger partial charge in [-0.15, -0.1) is 0 Å². The summed E-state index contributed by atoms with van der Waals surface area (Å²) in [6.07, 6.45) is 8.80. The topological polar surface area (TPSA) is 140 Å². The van der Waals surface area contributed by atoms with Crippen molar-refractivity contribution in [2.45, 2.75) is 59.0 Å². The van der Waals surface area contributed by atoms with Crippen molar-refractivity contribution in [3.05, 3.63) is 78.0 Å². The number of hydrogen-bond donors (Lipinski definition) is 2. The zero-order valence-electron chi connectivity index (χ0n) is 31.0. The van der Waals surface area contributed by atoms with Gasteiger partial charge in [-0.1, -0.05) is 30.0 Å². The molecule has 0 aliphatic carbocycles. The minimum Gasteiger partial charge on any atom is -0.369 e. The number of nitrogens with one attached hydrogen (secondary N) is 1. The summed E-state index contributed by atoms with van der Waals surface area (Å²) in [6, 6.07) is 19.6. The molecule has 2 saturated heterocycles. The Bertz CT molecular complexity index is 2120. The predicted octanol–water partition coefficient (Wildman–Crippen LogP) is 5.48. The largest absolute Gasteiger partial charge is 0.369 e. The Kier molecular flexibility index (Phi) is 12.6. The first kappa shape index (κ1) is 39.3. The molecule has 14 heteroatoms. The molecule has 7 rings (SSSR count). The van der Waals surface area contributed by atoms with Gasteiger partial charge in [0, 0.05) is 65.2 Å². The molecular weight excluding hydrogens is 729 g/mol. The van der Waals surface area contributed by atoms with Gasteiger partial charge in [0.1, 0.15) is 0 Å². The number of sulfone groups is 1. The molecule has 0 unspecified atom stereocenters. The van der Waals surface area contributed by atoms with Gasteiger partial charge in [-0.25, -0.2) is 21.1 Å². The number of nitrogens with two attached hydrogens (primary N) is 1. The van der Waals surface area contributed by atoms with Crippen molar-refractivity contribution >= 4 is 59.8 Å². The summed E-state index contributed by atoms with van der Waals surface area (Å²) in [5, 5.41) is 1.14. The fourth-order valence-corrected chi connectivity index (χ4v) is 10.6. The third kappa shape index (κ3) is 9.83. The van der Waals surface area contributed by atoms with Gasteiger partial charge >= 0.3 is 0 Å². The second-order valence-electron chi connectivity index (χ2n) is 14.6. The number of anilines is 2. The smallest absolute Gasteiger partial charge is 0.220 e. The van der Waals surface area contributed by atoms with Crippen molar-refractivity contribution in [2.75, 3.05) is 71.1 Å². The number of sulfonamides is 1. The van der Waals surface area contributed by atoms with Crippen molar-refractivity contribution in [3.63, 3.8) is 0 Å². The summed E-state index contributed by atoms with van der Waals surface area (Å²) in [5.41, 5.74) is 10.7. The van der Waals surface area contributed by atoms with Crippen LogP contribution in [0.15, 0.2) is 81.5 Å². The van der Waals surface area contributed by atoms with Crippen LogP contribution in [0.2, 0.25) is 0 Å². The fraction of sp³-hybridized carbons (Fsp3) is 0.462. The second-order valence-corrected chi connectivity index (χ2v) is 19.7. The summed E-state index contributed by atoms with van der Waals surface area (Å²) >= 11 is 1.68. The lowest BCUT2D eigenvalue weighted by atomic mass is 9.96. The number of likely N-dealkylation sites (N-methyl/N-ethyl adjacent to an activating group) is 1. The summed E-state index contributed by atoms with van der Waals surface area (Å²) in [5.74, 6) is -0.0785. The number of benzene rings is 3. The van der Waals surface area contributed by atoms with Crippen LogP contribution < -0.4 is 10.6 Å². The standard InChI is InChI=1S/C22H27N3O3S2.C17H25N3O2S/c1-30(27,28)17-7-8-21-19(15-17)25(18-5-2-3-6-20(18)29-21)12-4-11-24-13-9-16(10-14-24)22(23)26;1-19(2)10-7-15-12-18-17-6-5-14(11-16(15)17)13-23(21,22)20-8-3-4-9-20/h2-3,5-8,15-16H,4,9-14H2,1H3,(H2,23,26);5-6,11-12,18H,3-4,7-10,13H2,1-2H3. The molecule has 0 spiro atoms. The van der Waals surface area contributed by atoms with Gasteiger partial charge in [-0.3, -0.25) is 4.79 Å². The lowest BCUT2D eigenvalue weighted by Crippen LogP contribution is -2.39. The predicted molar refractivity (Wildman–Crippen MR) is 214 cm³/mol. The first-order valence-corrected chi connectivity index (χ1v) is 22.7. The van der Waals surface area contributed by atoms with E-state index in [0.717, 1.165) is 104 Å². The Hall–Kier alpha value is -3.40. The molecule has 53 heavy (non-hydrogen) atoms. The van der Waals surface area contributed by atoms with Gasteiger partial charge in [0.15, 0.2) is 9.84 Å². The second kappa shape index (κ2) is 17.0. The van der Waals surface area contributed by atoms with E-state index < -0.39 is 19.9 Å². The Morgan fingerprint density at radius 1 is 0.906 bits per heavy atom. The van der Waals surface area contributed by atoms with Crippen LogP contribution in [0.1, 0.15) is 43.2 Å². The lowest BCUT2D eigenvalue weighted by molar-refractivity contribution is -0.123. The molecule has 286 valence electrons. The summed E-state index contributed by atoms with van der Waals surface area (Å²) in [7, 11) is -2.34. The third-order valence-corrected chi connectivity index (χ3v) is 14.4. The van der Waals surface area contributed by atoms with E-state index in [9.17, 15) is 21.6 Å². The molecule has 3 aromatic carbocycles. The molecule has 0 radical (unpaired) electrons. The highest BCUT2D eigenvalue weighted by atomic mass is 32.2. The summed E-state index contributed by atoms with van der Waals surface area (Å²) in [4.78, 5) is 24.0. The highest BCUT2D eigenvalue weighted by Crippen LogP contribution is 2.48. The van der Waals surface area contributed by atoms with E-state index in [1.807, 2.05) is 42.6 Å². The Morgan fingerprint density at radius 2 is 1.62 bits per heavy atom. The molecule has 3 N–H and O–H groups in total. The monoisotopic (exact) mass is 780 g/mol. The van der Waals surface area contributed by atoms with Crippen LogP contribution in [0.25, 0.3) is 10.9 Å². The minimum absolute atomic E-state index is 0.00790. The molecule has 4 heterocycles. The normalized spacial score (nSPS) is 17.1. The highest BCUT2D eigenvalue weighted by molar-refractivity contribution is 7.99. The average Bonchev–Trinajstić information content (AvgIpc) is 3.82. The van der Waals surface area contributed by atoms with E-state index in [1.54, 1.807) is 28.2 Å². The number of aromatic nitrogens is 1. The zero-order valence-corrected chi connectivity index (χ0v) is 33.4. The van der Waals surface area contributed by atoms with Gasteiger partial charge < -0.3 is 25.4 Å². The molecule has 4 aromatic rings. The van der Waals surface area contributed by atoms with Gasteiger partial charge in [-0.2, -0.15) is 0 Å². The maximum Gasteiger partial charge on any atom is 0.220 e. The van der Waals surface area contributed by atoms with E-state index in [0.29, 0.717) is 18.0 Å². The van der Waals surface area contributed by atoms with Crippen LogP contribution >= 0.6 is 11.8 Å². The van der Waals surface area contributed by atoms with Gasteiger partial charge in [0.2, 0.25) is 15.9 Å². The molecule has 0 bridgehead atoms. The quantitative estimate of drug-likeness (QED) is 0.191. The number of piperidine rings is 1. The molecule has 1 amide bonds. The van der Waals surface area contributed by atoms with Crippen LogP contribution in [0.5, 0.6) is 0 Å². The van der Waals surface area contributed by atoms with Gasteiger partial charge in [0.05, 0.1) is 22.0 Å². The molecule has 11 nitrogen and oxygen atoms in total. The Labute approximate surface area is 318 Å². The first-order chi connectivity index (χ1) is 25.3. The number of aromatic amines is 1. The number of rotatable bonds is 12. The van der Waals surface area contributed by atoms with Gasteiger partial charge in [0.25, 0.3) is 0 Å². The van der Waals surface area contributed by atoms with E-state index >= 15 is 0 Å². The number of fused-ring (bicyclic) bond motifs is 3. The number of carbonyl (C=O) groups excluding carboxylic acids is 1. The van der Waals surface area contributed by atoms with E-state index in [2.05, 4.69) is 45.9 Å². The number of nitrogens with zero attached hydrogens (tertiary/aromatic N) is 4. The highest BCUT2D eigenvalue weighted by Gasteiger charge is 2.27. The molecule has 0 saturated carbocycles. The molecule has 1 aromatic heterocycles. The number of likely N-dealkylation sites (tertiary alicyclic amines) is 1. The fourth-order valence-electron chi connectivity index (χ4n) is 7.31. The number of primary amides is 1. The average molecular weight is 781 g/mol. The van der Waals surface area contributed by atoms with Crippen LogP contribution in [-0.2, 0) is 36.8 Å². The maximum atomic E-state index is 12.5. The SMILES string of the molecule is CN(C)CCc1c[nH]c2ccc(CS(=O)(=O)N3CCCC3)cc12.CS(=O)(=O)c1ccc2c(c1)N(CCCN1CCC(C(N)=O)CC1)c1ccccc1S2. The van der Waals surface area contributed by atoms with Crippen LogP contribution in [-0.4, -0.2) is 108 Å². The Morgan fingerprint density at radius 3 is 2.32 bits per heavy atom. The van der Waals surface area contributed by atoms with Crippen LogP contribution in [0.3, 0.4) is 0 Å². The number of H-pyrrole nitrogens is 1. The minimum atomic E-state index is -3.27. The third-order valence-electron chi connectivity index (χ3n) is 10.3. The number of amides is 1. The first-order valence-electron chi connectivity index (χ1n) is 18.4. The van der Waals surface area contributed by atoms with E-state index in [4.69, 9.17) is 5.73 Å². The van der Waals surface area contributed by atoms with Crippen molar-refractivity contribution in [1.29, 1.82) is 0 Å². The van der Waals surface area contributed by atoms with Crippen molar-refractivity contribution in [3.8, 4) is 0 Å². The molecule has 2 fully saturated rings. The summed E-state index contributed by atoms with van der Waals surface area (Å²) < 4.78 is 50.8. The van der Waals surface area contributed by atoms with E-state index in [1.165, 1.54) is 16.7 Å². The van der Waals surface area contributed by atoms with Crippen LogP contribution in [0.4, 0.5) is 11.4 Å². The number of carbonyl (C=O) groups is 1. The zero-order chi connectivity index (χ0) is 37.8. The van der Waals surface area contributed by atoms with E-state index in [-0.39, 0.29) is 17.6 Å². The molecular formula is C39H52N6O5S3. The summed E-state index contributed by atoms with van der Waals surface area (Å²) in [6.45, 7) is 5.85. The lowest BCUT2D eigenvalue weighted by Gasteiger charge is -2.35. The molecule has 3 aliphatic rings. The van der Waals surface area contributed by atoms with Crippen LogP contribution in [0, 0.1) is 5.92 Å². The number of para-hydroxylation sites is 1. The van der Waals surface area contributed by atoms with Crippen molar-refractivity contribution in [2.24, 2.45) is 11.7 Å².